The standard InChI is InChI=1S/C13H26N2O2.ClH/c1-3-5-13(6-4-7-13)10-15-12(16)8-11(9-14)17-2;/h11H,3-10,14H2,1-2H3,(H,15,16);1H. The second-order valence-corrected chi connectivity index (χ2v) is 5.18. The summed E-state index contributed by atoms with van der Waals surface area (Å²) >= 11 is 0. The Kier molecular flexibility index (Phi) is 8.57. The molecule has 4 nitrogen and oxygen atoms in total. The third-order valence-corrected chi connectivity index (χ3v) is 3.86. The zero-order valence-electron chi connectivity index (χ0n) is 11.5. The highest BCUT2D eigenvalue weighted by Crippen LogP contribution is 2.44. The summed E-state index contributed by atoms with van der Waals surface area (Å²) in [5.41, 5.74) is 5.88. The van der Waals surface area contributed by atoms with Gasteiger partial charge in [0.25, 0.3) is 0 Å². The van der Waals surface area contributed by atoms with Crippen molar-refractivity contribution in [3.05, 3.63) is 0 Å². The van der Waals surface area contributed by atoms with E-state index >= 15 is 0 Å². The topological polar surface area (TPSA) is 64.4 Å². The van der Waals surface area contributed by atoms with Crippen LogP contribution in [0.25, 0.3) is 0 Å². The van der Waals surface area contributed by atoms with Gasteiger partial charge >= 0.3 is 0 Å². The van der Waals surface area contributed by atoms with Gasteiger partial charge in [0.2, 0.25) is 5.91 Å². The van der Waals surface area contributed by atoms with Crippen LogP contribution in [0.3, 0.4) is 0 Å². The lowest BCUT2D eigenvalue weighted by molar-refractivity contribution is -0.124. The lowest BCUT2D eigenvalue weighted by atomic mass is 9.66. The van der Waals surface area contributed by atoms with E-state index in [-0.39, 0.29) is 24.4 Å². The van der Waals surface area contributed by atoms with Gasteiger partial charge in [-0.3, -0.25) is 4.79 Å². The van der Waals surface area contributed by atoms with Crippen molar-refractivity contribution in [2.24, 2.45) is 11.1 Å². The molecule has 0 radical (unpaired) electrons. The van der Waals surface area contributed by atoms with Gasteiger partial charge in [0, 0.05) is 20.2 Å². The number of methoxy groups -OCH3 is 1. The monoisotopic (exact) mass is 278 g/mol. The summed E-state index contributed by atoms with van der Waals surface area (Å²) in [5, 5.41) is 3.03. The molecule has 108 valence electrons. The van der Waals surface area contributed by atoms with Crippen LogP contribution in [0, 0.1) is 5.41 Å². The predicted octanol–water partition coefficient (Wildman–Crippen LogP) is 1.86. The highest BCUT2D eigenvalue weighted by Gasteiger charge is 2.36. The maximum atomic E-state index is 11.7. The molecule has 1 unspecified atom stereocenters. The minimum Gasteiger partial charge on any atom is -0.380 e. The maximum Gasteiger partial charge on any atom is 0.222 e. The van der Waals surface area contributed by atoms with Gasteiger partial charge < -0.3 is 15.8 Å². The summed E-state index contributed by atoms with van der Waals surface area (Å²) in [6.07, 6.45) is 6.45. The molecule has 18 heavy (non-hydrogen) atoms. The van der Waals surface area contributed by atoms with Gasteiger partial charge in [0.1, 0.15) is 0 Å². The average molecular weight is 279 g/mol. The summed E-state index contributed by atoms with van der Waals surface area (Å²) in [5.74, 6) is 0.0599. The second kappa shape index (κ2) is 8.73. The number of carbonyl (C=O) groups is 1. The van der Waals surface area contributed by atoms with Gasteiger partial charge in [-0.1, -0.05) is 19.8 Å². The number of nitrogens with one attached hydrogen (secondary N) is 1. The molecule has 1 amide bonds. The molecule has 0 spiro atoms. The van der Waals surface area contributed by atoms with Crippen molar-refractivity contribution in [1.82, 2.24) is 5.32 Å². The molecule has 0 aromatic carbocycles. The second-order valence-electron chi connectivity index (χ2n) is 5.18. The van der Waals surface area contributed by atoms with Crippen molar-refractivity contribution < 1.29 is 9.53 Å². The van der Waals surface area contributed by atoms with E-state index in [1.807, 2.05) is 0 Å². The van der Waals surface area contributed by atoms with E-state index in [2.05, 4.69) is 12.2 Å². The molecule has 0 aromatic heterocycles. The Hall–Kier alpha value is -0.320. The van der Waals surface area contributed by atoms with Crippen LogP contribution in [0.5, 0.6) is 0 Å². The van der Waals surface area contributed by atoms with Crippen molar-refractivity contribution in [3.8, 4) is 0 Å². The third kappa shape index (κ3) is 5.12. The highest BCUT2D eigenvalue weighted by molar-refractivity contribution is 5.85. The first kappa shape index (κ1) is 17.7. The van der Waals surface area contributed by atoms with E-state index in [4.69, 9.17) is 10.5 Å². The quantitative estimate of drug-likeness (QED) is 0.712. The van der Waals surface area contributed by atoms with E-state index in [9.17, 15) is 4.79 Å². The van der Waals surface area contributed by atoms with Crippen LogP contribution in [0.4, 0.5) is 0 Å². The molecule has 1 saturated carbocycles. The molecular weight excluding hydrogens is 252 g/mol. The Morgan fingerprint density at radius 3 is 2.56 bits per heavy atom. The predicted molar refractivity (Wildman–Crippen MR) is 75.9 cm³/mol. The van der Waals surface area contributed by atoms with E-state index in [1.165, 1.54) is 32.1 Å². The van der Waals surface area contributed by atoms with Crippen LogP contribution < -0.4 is 11.1 Å². The first-order valence-electron chi connectivity index (χ1n) is 6.65. The number of hydrogen-bond acceptors (Lipinski definition) is 3. The Labute approximate surface area is 116 Å². The maximum absolute atomic E-state index is 11.7. The van der Waals surface area contributed by atoms with Crippen LogP contribution in [0.1, 0.15) is 45.4 Å². The Morgan fingerprint density at radius 1 is 1.50 bits per heavy atom. The van der Waals surface area contributed by atoms with Crippen molar-refractivity contribution in [3.63, 3.8) is 0 Å². The van der Waals surface area contributed by atoms with Crippen LogP contribution >= 0.6 is 12.4 Å². The Morgan fingerprint density at radius 2 is 2.17 bits per heavy atom. The fourth-order valence-electron chi connectivity index (χ4n) is 2.55. The van der Waals surface area contributed by atoms with Crippen molar-refractivity contribution in [2.75, 3.05) is 20.2 Å². The number of rotatable bonds is 8. The van der Waals surface area contributed by atoms with E-state index in [0.717, 1.165) is 6.54 Å². The molecule has 1 fully saturated rings. The molecule has 5 heteroatoms. The smallest absolute Gasteiger partial charge is 0.222 e. The molecule has 0 bridgehead atoms. The number of hydrogen-bond donors (Lipinski definition) is 2. The molecule has 1 aliphatic rings. The minimum atomic E-state index is -0.154. The van der Waals surface area contributed by atoms with Crippen molar-refractivity contribution >= 4 is 18.3 Å². The third-order valence-electron chi connectivity index (χ3n) is 3.86. The normalized spacial score (nSPS) is 18.4. The zero-order chi connectivity index (χ0) is 12.7. The van der Waals surface area contributed by atoms with Crippen LogP contribution in [-0.2, 0) is 9.53 Å². The highest BCUT2D eigenvalue weighted by atomic mass is 35.5. The lowest BCUT2D eigenvalue weighted by Crippen LogP contribution is -2.43. The molecular formula is C13H27ClN2O2. The van der Waals surface area contributed by atoms with Crippen LogP contribution in [0.2, 0.25) is 0 Å². The number of ether oxygens (including phenoxy) is 1. The SMILES string of the molecule is CCCC1(CNC(=O)CC(CN)OC)CCC1.Cl. The number of nitrogens with two attached hydrogens (primary N) is 1. The van der Waals surface area contributed by atoms with Crippen molar-refractivity contribution in [1.29, 1.82) is 0 Å². The van der Waals surface area contributed by atoms with Gasteiger partial charge in [-0.2, -0.15) is 0 Å². The molecule has 0 aromatic rings. The molecule has 1 rings (SSSR count). The molecule has 0 aliphatic heterocycles. The van der Waals surface area contributed by atoms with Gasteiger partial charge in [-0.05, 0) is 24.7 Å². The largest absolute Gasteiger partial charge is 0.380 e. The Balaban J connectivity index is 0.00000289. The van der Waals surface area contributed by atoms with Gasteiger partial charge in [-0.25, -0.2) is 0 Å². The zero-order valence-corrected chi connectivity index (χ0v) is 12.4. The Bertz CT molecular complexity index is 241. The van der Waals surface area contributed by atoms with Gasteiger partial charge in [-0.15, -0.1) is 12.4 Å². The summed E-state index contributed by atoms with van der Waals surface area (Å²) < 4.78 is 5.10. The molecule has 0 saturated heterocycles. The number of carbonyl (C=O) groups excluding carboxylic acids is 1. The van der Waals surface area contributed by atoms with Crippen LogP contribution in [0.15, 0.2) is 0 Å². The molecule has 1 atom stereocenters. The van der Waals surface area contributed by atoms with Crippen molar-refractivity contribution in [2.45, 2.75) is 51.6 Å². The van der Waals surface area contributed by atoms with E-state index < -0.39 is 0 Å². The molecule has 0 heterocycles. The first-order chi connectivity index (χ1) is 8.15. The first-order valence-corrected chi connectivity index (χ1v) is 6.65. The summed E-state index contributed by atoms with van der Waals surface area (Å²) in [4.78, 5) is 11.7. The fourth-order valence-corrected chi connectivity index (χ4v) is 2.55. The summed E-state index contributed by atoms with van der Waals surface area (Å²) in [6.45, 7) is 3.42. The lowest BCUT2D eigenvalue weighted by Gasteiger charge is -2.42. The summed E-state index contributed by atoms with van der Waals surface area (Å²) in [6, 6.07) is 0. The number of amides is 1. The number of halogens is 1. The minimum absolute atomic E-state index is 0. The van der Waals surface area contributed by atoms with Gasteiger partial charge in [0.15, 0.2) is 0 Å². The van der Waals surface area contributed by atoms with E-state index in [1.54, 1.807) is 7.11 Å². The average Bonchev–Trinajstić information content (AvgIpc) is 2.29. The molecule has 3 N–H and O–H groups in total. The molecule has 1 aliphatic carbocycles. The summed E-state index contributed by atoms with van der Waals surface area (Å²) in [7, 11) is 1.59. The van der Waals surface area contributed by atoms with Gasteiger partial charge in [0.05, 0.1) is 12.5 Å². The van der Waals surface area contributed by atoms with E-state index in [0.29, 0.717) is 18.4 Å². The van der Waals surface area contributed by atoms with Crippen LogP contribution in [-0.4, -0.2) is 32.2 Å². The fraction of sp³-hybridized carbons (Fsp3) is 0.923.